The molecule has 0 atom stereocenters. The standard InChI is InChI=1S/C16H36N.C10H18O4/c1-5-9-13-17(14-10-6-2,15-11-7-3)16-12-8-4;11-9(12)7-5-3-1-2-4-6-8-10(13)14/h5-16H2,1-4H3;1-8H2,(H,11,12)(H,13,14)/q+1;/p-1. The van der Waals surface area contributed by atoms with Crippen LogP contribution in [0.15, 0.2) is 0 Å². The molecule has 0 amide bonds. The van der Waals surface area contributed by atoms with Gasteiger partial charge in [-0.3, -0.25) is 4.79 Å². The molecule has 0 fully saturated rings. The van der Waals surface area contributed by atoms with Crippen LogP contribution in [0.25, 0.3) is 0 Å². The van der Waals surface area contributed by atoms with Gasteiger partial charge >= 0.3 is 5.97 Å². The van der Waals surface area contributed by atoms with E-state index in [9.17, 15) is 14.7 Å². The van der Waals surface area contributed by atoms with E-state index in [4.69, 9.17) is 5.11 Å². The van der Waals surface area contributed by atoms with E-state index in [0.29, 0.717) is 6.42 Å². The summed E-state index contributed by atoms with van der Waals surface area (Å²) in [6.07, 6.45) is 16.6. The highest BCUT2D eigenvalue weighted by molar-refractivity contribution is 5.66. The van der Waals surface area contributed by atoms with Crippen molar-refractivity contribution in [1.82, 2.24) is 0 Å². The van der Waals surface area contributed by atoms with Crippen molar-refractivity contribution in [2.45, 2.75) is 130 Å². The van der Waals surface area contributed by atoms with Gasteiger partial charge in [-0.1, -0.05) is 79.1 Å². The lowest BCUT2D eigenvalue weighted by Crippen LogP contribution is -2.50. The number of carboxylic acids is 2. The fourth-order valence-corrected chi connectivity index (χ4v) is 3.90. The van der Waals surface area contributed by atoms with Crippen LogP contribution in [0.2, 0.25) is 0 Å². The highest BCUT2D eigenvalue weighted by Gasteiger charge is 2.24. The van der Waals surface area contributed by atoms with Crippen LogP contribution in [0.1, 0.15) is 130 Å². The summed E-state index contributed by atoms with van der Waals surface area (Å²) in [5, 5.41) is 18.4. The zero-order valence-corrected chi connectivity index (χ0v) is 21.3. The number of hydrogen-bond acceptors (Lipinski definition) is 3. The van der Waals surface area contributed by atoms with Crippen LogP contribution in [-0.2, 0) is 9.59 Å². The second kappa shape index (κ2) is 23.6. The summed E-state index contributed by atoms with van der Waals surface area (Å²) in [4.78, 5) is 20.2. The van der Waals surface area contributed by atoms with Crippen LogP contribution in [0.3, 0.4) is 0 Å². The second-order valence-electron chi connectivity index (χ2n) is 9.04. The first-order chi connectivity index (χ1) is 14.9. The minimum atomic E-state index is -0.990. The average Bonchev–Trinajstić information content (AvgIpc) is 2.74. The smallest absolute Gasteiger partial charge is 0.303 e. The van der Waals surface area contributed by atoms with Gasteiger partial charge in [0.05, 0.1) is 26.2 Å². The van der Waals surface area contributed by atoms with E-state index in [1.165, 1.54) is 82.0 Å². The van der Waals surface area contributed by atoms with E-state index in [0.717, 1.165) is 32.1 Å². The molecule has 0 bridgehead atoms. The Kier molecular flexibility index (Phi) is 24.4. The molecule has 0 rings (SSSR count). The number of carboxylic acid groups (broad SMARTS) is 2. The first kappa shape index (κ1) is 32.1. The maximum absolute atomic E-state index is 10.1. The number of carbonyl (C=O) groups is 2. The van der Waals surface area contributed by atoms with Crippen LogP contribution in [-0.4, -0.2) is 47.7 Å². The highest BCUT2D eigenvalue weighted by Crippen LogP contribution is 2.16. The normalized spacial score (nSPS) is 11.1. The van der Waals surface area contributed by atoms with Crippen LogP contribution in [0, 0.1) is 0 Å². The lowest BCUT2D eigenvalue weighted by atomic mass is 10.1. The van der Waals surface area contributed by atoms with Crippen LogP contribution >= 0.6 is 0 Å². The maximum atomic E-state index is 10.1. The number of quaternary nitrogens is 1. The van der Waals surface area contributed by atoms with Gasteiger partial charge in [0.15, 0.2) is 0 Å². The first-order valence-corrected chi connectivity index (χ1v) is 13.1. The minimum Gasteiger partial charge on any atom is -0.550 e. The second-order valence-corrected chi connectivity index (χ2v) is 9.04. The van der Waals surface area contributed by atoms with E-state index in [1.54, 1.807) is 0 Å². The van der Waals surface area contributed by atoms with Crippen molar-refractivity contribution in [2.24, 2.45) is 0 Å². The summed E-state index contributed by atoms with van der Waals surface area (Å²) in [5.41, 5.74) is 0. The Hall–Kier alpha value is -1.10. The third kappa shape index (κ3) is 23.4. The van der Waals surface area contributed by atoms with Gasteiger partial charge in [0.1, 0.15) is 0 Å². The topological polar surface area (TPSA) is 77.4 Å². The SMILES string of the molecule is CCCC[N+](CCCC)(CCCC)CCCC.O=C([O-])CCCCCCCCC(=O)O. The van der Waals surface area contributed by atoms with Crippen molar-refractivity contribution >= 4 is 11.9 Å². The van der Waals surface area contributed by atoms with Crippen LogP contribution in [0.4, 0.5) is 0 Å². The molecular formula is C26H53NO4. The Morgan fingerprint density at radius 1 is 0.581 bits per heavy atom. The molecule has 0 saturated heterocycles. The van der Waals surface area contributed by atoms with Gasteiger partial charge in [-0.25, -0.2) is 0 Å². The molecule has 0 radical (unpaired) electrons. The number of nitrogens with zero attached hydrogens (tertiary/aromatic N) is 1. The molecule has 31 heavy (non-hydrogen) atoms. The summed E-state index contributed by atoms with van der Waals surface area (Å²) in [5.74, 6) is -1.74. The molecule has 5 heteroatoms. The van der Waals surface area contributed by atoms with Crippen molar-refractivity contribution in [3.8, 4) is 0 Å². The molecule has 0 aliphatic rings. The third-order valence-corrected chi connectivity index (χ3v) is 5.97. The van der Waals surface area contributed by atoms with Crippen molar-refractivity contribution in [1.29, 1.82) is 0 Å². The van der Waals surface area contributed by atoms with Crippen LogP contribution in [0.5, 0.6) is 0 Å². The first-order valence-electron chi connectivity index (χ1n) is 13.1. The van der Waals surface area contributed by atoms with Crippen molar-refractivity contribution < 1.29 is 24.3 Å². The lowest BCUT2D eigenvalue weighted by Gasteiger charge is -2.39. The van der Waals surface area contributed by atoms with Crippen molar-refractivity contribution in [3.05, 3.63) is 0 Å². The van der Waals surface area contributed by atoms with E-state index in [1.807, 2.05) is 0 Å². The molecule has 0 heterocycles. The highest BCUT2D eigenvalue weighted by atomic mass is 16.4. The largest absolute Gasteiger partial charge is 0.550 e. The van der Waals surface area contributed by atoms with Crippen LogP contribution < -0.4 is 5.11 Å². The Balaban J connectivity index is 0. The molecule has 0 unspecified atom stereocenters. The molecule has 0 saturated carbocycles. The third-order valence-electron chi connectivity index (χ3n) is 5.97. The zero-order valence-electron chi connectivity index (χ0n) is 21.3. The average molecular weight is 444 g/mol. The molecule has 0 aliphatic heterocycles. The van der Waals surface area contributed by atoms with E-state index in [2.05, 4.69) is 27.7 Å². The summed E-state index contributed by atoms with van der Waals surface area (Å²) in [6, 6.07) is 0. The van der Waals surface area contributed by atoms with E-state index >= 15 is 0 Å². The van der Waals surface area contributed by atoms with Gasteiger partial charge in [0.25, 0.3) is 0 Å². The van der Waals surface area contributed by atoms with E-state index in [-0.39, 0.29) is 12.8 Å². The molecule has 5 nitrogen and oxygen atoms in total. The van der Waals surface area contributed by atoms with Gasteiger partial charge in [-0.05, 0) is 44.9 Å². The number of rotatable bonds is 21. The Morgan fingerprint density at radius 2 is 0.903 bits per heavy atom. The summed E-state index contributed by atoms with van der Waals surface area (Å²) in [6.45, 7) is 15.0. The predicted octanol–water partition coefficient (Wildman–Crippen LogP) is 5.95. The number of hydrogen-bond donors (Lipinski definition) is 1. The fraction of sp³-hybridized carbons (Fsp3) is 0.923. The lowest BCUT2D eigenvalue weighted by molar-refractivity contribution is -0.929. The summed E-state index contributed by atoms with van der Waals surface area (Å²) < 4.78 is 1.42. The summed E-state index contributed by atoms with van der Waals surface area (Å²) >= 11 is 0. The Morgan fingerprint density at radius 3 is 1.19 bits per heavy atom. The number of carbonyl (C=O) groups excluding carboxylic acids is 1. The van der Waals surface area contributed by atoms with Gasteiger partial charge in [-0.2, -0.15) is 0 Å². The van der Waals surface area contributed by atoms with E-state index < -0.39 is 11.9 Å². The molecule has 0 spiro atoms. The van der Waals surface area contributed by atoms with Crippen molar-refractivity contribution in [2.75, 3.05) is 26.2 Å². The number of unbranched alkanes of at least 4 members (excludes halogenated alkanes) is 9. The maximum Gasteiger partial charge on any atom is 0.303 e. The minimum absolute atomic E-state index is 0.134. The van der Waals surface area contributed by atoms with Gasteiger partial charge in [0.2, 0.25) is 0 Å². The molecule has 0 aromatic heterocycles. The summed E-state index contributed by atoms with van der Waals surface area (Å²) in [7, 11) is 0. The van der Waals surface area contributed by atoms with Crippen molar-refractivity contribution in [3.63, 3.8) is 0 Å². The molecular weight excluding hydrogens is 390 g/mol. The van der Waals surface area contributed by atoms with Gasteiger partial charge < -0.3 is 19.5 Å². The molecule has 0 aliphatic carbocycles. The quantitative estimate of drug-likeness (QED) is 0.176. The predicted molar refractivity (Wildman–Crippen MR) is 129 cm³/mol. The molecule has 0 aromatic carbocycles. The molecule has 1 N–H and O–H groups in total. The zero-order chi connectivity index (χ0) is 23.8. The number of aliphatic carboxylic acids is 2. The molecule has 186 valence electrons. The fourth-order valence-electron chi connectivity index (χ4n) is 3.90. The molecule has 0 aromatic rings. The Bertz CT molecular complexity index is 355. The Labute approximate surface area is 193 Å². The van der Waals surface area contributed by atoms with Gasteiger partial charge in [-0.15, -0.1) is 0 Å². The monoisotopic (exact) mass is 443 g/mol. The van der Waals surface area contributed by atoms with Gasteiger partial charge in [0, 0.05) is 12.4 Å².